The van der Waals surface area contributed by atoms with Crippen molar-refractivity contribution < 1.29 is 9.90 Å². The van der Waals surface area contributed by atoms with Crippen molar-refractivity contribution >= 4 is 39.1 Å². The van der Waals surface area contributed by atoms with Gasteiger partial charge in [-0.15, -0.1) is 11.3 Å². The second-order valence-electron chi connectivity index (χ2n) is 4.47. The van der Waals surface area contributed by atoms with Crippen LogP contribution in [0.15, 0.2) is 36.0 Å². The average Bonchev–Trinajstić information content (AvgIpc) is 3.00. The number of pyridine rings is 1. The Labute approximate surface area is 134 Å². The van der Waals surface area contributed by atoms with E-state index in [0.29, 0.717) is 15.8 Å². The fourth-order valence-corrected chi connectivity index (χ4v) is 3.03. The minimum atomic E-state index is -0.565. The number of aliphatic hydroxyl groups excluding tert-OH is 1. The highest BCUT2D eigenvalue weighted by molar-refractivity contribution is 7.17. The first-order valence-electron chi connectivity index (χ1n) is 6.41. The molecule has 0 aliphatic heterocycles. The molecular weight excluding hydrogens is 324 g/mol. The van der Waals surface area contributed by atoms with Crippen LogP contribution in [0.5, 0.6) is 0 Å². The van der Waals surface area contributed by atoms with Gasteiger partial charge in [-0.2, -0.15) is 0 Å². The third-order valence-corrected chi connectivity index (χ3v) is 4.15. The quantitative estimate of drug-likeness (QED) is 0.714. The molecule has 3 rings (SSSR count). The van der Waals surface area contributed by atoms with Gasteiger partial charge in [0.05, 0.1) is 22.9 Å². The van der Waals surface area contributed by atoms with Gasteiger partial charge in [-0.1, -0.05) is 6.07 Å². The van der Waals surface area contributed by atoms with Crippen molar-refractivity contribution in [3.05, 3.63) is 52.5 Å². The minimum Gasteiger partial charge on any atom is -0.394 e. The Bertz CT molecular complexity index is 809. The number of carbonyl (C=O) groups excluding carboxylic acids is 1. The van der Waals surface area contributed by atoms with Crippen LogP contribution in [0.1, 0.15) is 22.1 Å². The van der Waals surface area contributed by atoms with E-state index in [4.69, 9.17) is 11.6 Å². The predicted molar refractivity (Wildman–Crippen MR) is 84.0 cm³/mol. The molecule has 2 N–H and O–H groups in total. The Hall–Kier alpha value is -2.09. The molecule has 6 nitrogen and oxygen atoms in total. The largest absolute Gasteiger partial charge is 0.394 e. The summed E-state index contributed by atoms with van der Waals surface area (Å²) in [5, 5.41) is 14.1. The molecule has 8 heteroatoms. The van der Waals surface area contributed by atoms with Gasteiger partial charge in [-0.3, -0.25) is 9.78 Å². The Kier molecular flexibility index (Phi) is 4.28. The van der Waals surface area contributed by atoms with Crippen molar-refractivity contribution in [3.8, 4) is 0 Å². The molecule has 0 spiro atoms. The van der Waals surface area contributed by atoms with E-state index in [2.05, 4.69) is 20.3 Å². The topological polar surface area (TPSA) is 88.0 Å². The summed E-state index contributed by atoms with van der Waals surface area (Å²) in [7, 11) is 0. The van der Waals surface area contributed by atoms with E-state index in [1.807, 2.05) is 5.38 Å². The van der Waals surface area contributed by atoms with Crippen LogP contribution in [0.4, 0.5) is 0 Å². The van der Waals surface area contributed by atoms with Crippen LogP contribution in [-0.2, 0) is 0 Å². The fourth-order valence-electron chi connectivity index (χ4n) is 2.03. The minimum absolute atomic E-state index is 0.0120. The highest BCUT2D eigenvalue weighted by Gasteiger charge is 2.20. The van der Waals surface area contributed by atoms with E-state index in [0.717, 1.165) is 0 Å². The number of aliphatic hydroxyl groups is 1. The fraction of sp³-hybridized carbons (Fsp3) is 0.143. The molecule has 0 aliphatic rings. The van der Waals surface area contributed by atoms with Crippen molar-refractivity contribution in [2.45, 2.75) is 6.04 Å². The molecule has 1 atom stereocenters. The van der Waals surface area contributed by atoms with E-state index in [9.17, 15) is 9.90 Å². The van der Waals surface area contributed by atoms with Gasteiger partial charge in [0.2, 0.25) is 5.28 Å². The zero-order valence-electron chi connectivity index (χ0n) is 11.2. The molecule has 3 aromatic rings. The lowest BCUT2D eigenvalue weighted by Crippen LogP contribution is -2.31. The molecule has 0 saturated heterocycles. The smallest absolute Gasteiger partial charge is 0.272 e. The molecular formula is C14H11ClN4O2S. The summed E-state index contributed by atoms with van der Waals surface area (Å²) in [5.41, 5.74) is 1.53. The maximum Gasteiger partial charge on any atom is 0.272 e. The number of hydrogen-bond donors (Lipinski definition) is 2. The van der Waals surface area contributed by atoms with Gasteiger partial charge in [0.25, 0.3) is 5.91 Å². The molecule has 112 valence electrons. The van der Waals surface area contributed by atoms with Gasteiger partial charge in [0.1, 0.15) is 0 Å². The van der Waals surface area contributed by atoms with E-state index in [-0.39, 0.29) is 17.6 Å². The first-order valence-corrected chi connectivity index (χ1v) is 7.67. The Morgan fingerprint density at radius 1 is 1.41 bits per heavy atom. The number of thiophene rings is 1. The first-order chi connectivity index (χ1) is 10.7. The number of rotatable bonds is 4. The van der Waals surface area contributed by atoms with E-state index < -0.39 is 11.9 Å². The van der Waals surface area contributed by atoms with E-state index >= 15 is 0 Å². The van der Waals surface area contributed by atoms with Crippen LogP contribution >= 0.6 is 22.9 Å². The van der Waals surface area contributed by atoms with Gasteiger partial charge >= 0.3 is 0 Å². The average molecular weight is 335 g/mol. The third-order valence-electron chi connectivity index (χ3n) is 3.07. The number of amides is 1. The van der Waals surface area contributed by atoms with Crippen LogP contribution in [0.3, 0.4) is 0 Å². The normalized spacial score (nSPS) is 12.3. The molecule has 3 heterocycles. The molecule has 0 radical (unpaired) electrons. The number of nitrogens with one attached hydrogen (secondary N) is 1. The molecule has 1 amide bonds. The van der Waals surface area contributed by atoms with Gasteiger partial charge in [0.15, 0.2) is 5.69 Å². The highest BCUT2D eigenvalue weighted by atomic mass is 35.5. The highest BCUT2D eigenvalue weighted by Crippen LogP contribution is 2.24. The zero-order valence-corrected chi connectivity index (χ0v) is 12.8. The van der Waals surface area contributed by atoms with Crippen LogP contribution in [0, 0.1) is 0 Å². The lowest BCUT2D eigenvalue weighted by molar-refractivity contribution is 0.0913. The van der Waals surface area contributed by atoms with Gasteiger partial charge < -0.3 is 10.4 Å². The number of nitrogens with zero attached hydrogens (tertiary/aromatic N) is 3. The van der Waals surface area contributed by atoms with Crippen molar-refractivity contribution in [1.29, 1.82) is 0 Å². The third kappa shape index (κ3) is 2.92. The molecule has 0 aliphatic carbocycles. The van der Waals surface area contributed by atoms with Crippen LogP contribution in [0.2, 0.25) is 5.28 Å². The standard InChI is InChI=1S/C14H11ClN4O2S/c15-14-18-9-3-5-22-12(9)11(19-14)13(21)17-10(7-20)8-2-1-4-16-6-8/h1-6,10,20H,7H2,(H,17,21). The monoisotopic (exact) mass is 334 g/mol. The van der Waals surface area contributed by atoms with Gasteiger partial charge in [0, 0.05) is 12.4 Å². The number of hydrogen-bond acceptors (Lipinski definition) is 6. The lowest BCUT2D eigenvalue weighted by Gasteiger charge is -2.16. The number of halogens is 1. The van der Waals surface area contributed by atoms with Crippen molar-refractivity contribution in [3.63, 3.8) is 0 Å². The zero-order chi connectivity index (χ0) is 15.5. The lowest BCUT2D eigenvalue weighted by atomic mass is 10.1. The SMILES string of the molecule is O=C(NC(CO)c1cccnc1)c1nc(Cl)nc2ccsc12. The van der Waals surface area contributed by atoms with Crippen LogP contribution < -0.4 is 5.32 Å². The summed E-state index contributed by atoms with van der Waals surface area (Å²) in [5.74, 6) is -0.417. The van der Waals surface area contributed by atoms with Crippen molar-refractivity contribution in [2.24, 2.45) is 0 Å². The summed E-state index contributed by atoms with van der Waals surface area (Å²) in [6.45, 7) is -0.246. The second-order valence-corrected chi connectivity index (χ2v) is 5.73. The van der Waals surface area contributed by atoms with Crippen molar-refractivity contribution in [2.75, 3.05) is 6.61 Å². The number of fused-ring (bicyclic) bond motifs is 1. The molecule has 0 bridgehead atoms. The summed E-state index contributed by atoms with van der Waals surface area (Å²) >= 11 is 7.22. The maximum absolute atomic E-state index is 12.5. The van der Waals surface area contributed by atoms with Gasteiger partial charge in [-0.05, 0) is 34.7 Å². The van der Waals surface area contributed by atoms with Crippen molar-refractivity contribution in [1.82, 2.24) is 20.3 Å². The van der Waals surface area contributed by atoms with Gasteiger partial charge in [-0.25, -0.2) is 9.97 Å². The van der Waals surface area contributed by atoms with Crippen LogP contribution in [-0.4, -0.2) is 32.6 Å². The summed E-state index contributed by atoms with van der Waals surface area (Å²) in [6.07, 6.45) is 3.22. The van der Waals surface area contributed by atoms with Crippen LogP contribution in [0.25, 0.3) is 10.2 Å². The summed E-state index contributed by atoms with van der Waals surface area (Å²) < 4.78 is 0.657. The molecule has 3 aromatic heterocycles. The molecule has 0 fully saturated rings. The summed E-state index contributed by atoms with van der Waals surface area (Å²) in [4.78, 5) is 24.5. The summed E-state index contributed by atoms with van der Waals surface area (Å²) in [6, 6.07) is 4.73. The number of aromatic nitrogens is 3. The molecule has 0 saturated carbocycles. The van der Waals surface area contributed by atoms with E-state index in [1.54, 1.807) is 30.6 Å². The molecule has 22 heavy (non-hydrogen) atoms. The van der Waals surface area contributed by atoms with E-state index in [1.165, 1.54) is 11.3 Å². The Morgan fingerprint density at radius 2 is 2.27 bits per heavy atom. The predicted octanol–water partition coefficient (Wildman–Crippen LogP) is 2.20. The number of carbonyl (C=O) groups is 1. The first kappa shape index (κ1) is 14.8. The Morgan fingerprint density at radius 3 is 3.00 bits per heavy atom. The molecule has 0 aromatic carbocycles. The Balaban J connectivity index is 1.91. The maximum atomic E-state index is 12.5. The molecule has 1 unspecified atom stereocenters. The second kappa shape index (κ2) is 6.35.